The molecule has 0 fully saturated rings. The zero-order valence-corrected chi connectivity index (χ0v) is 14.0. The first-order valence-electron chi connectivity index (χ1n) is 7.26. The van der Waals surface area contributed by atoms with Gasteiger partial charge in [0.2, 0.25) is 5.91 Å². The van der Waals surface area contributed by atoms with E-state index in [1.165, 1.54) is 18.3 Å². The van der Waals surface area contributed by atoms with Gasteiger partial charge in [-0.2, -0.15) is 18.4 Å². The Morgan fingerprint density at radius 3 is 2.44 bits per heavy atom. The van der Waals surface area contributed by atoms with Crippen LogP contribution in [-0.4, -0.2) is 16.6 Å². The number of hydrogen-bond acceptors (Lipinski definition) is 4. The van der Waals surface area contributed by atoms with E-state index < -0.39 is 29.2 Å². The number of rotatable bonds is 5. The highest BCUT2D eigenvalue weighted by atomic mass is 32.1. The second kappa shape index (κ2) is 7.25. The Balaban J connectivity index is 2.10. The van der Waals surface area contributed by atoms with Gasteiger partial charge < -0.3 is 10.4 Å². The van der Waals surface area contributed by atoms with Crippen LogP contribution in [0.1, 0.15) is 17.4 Å². The molecule has 4 nitrogen and oxygen atoms in total. The van der Waals surface area contributed by atoms with Gasteiger partial charge in [-0.3, -0.25) is 4.79 Å². The molecule has 0 radical (unpaired) electrons. The number of benzene rings is 1. The summed E-state index contributed by atoms with van der Waals surface area (Å²) in [6.45, 7) is 1.38. The van der Waals surface area contributed by atoms with Crippen LogP contribution in [-0.2, 0) is 17.4 Å². The van der Waals surface area contributed by atoms with Gasteiger partial charge >= 0.3 is 6.18 Å². The lowest BCUT2D eigenvalue weighted by Gasteiger charge is -2.27. The molecule has 1 aromatic heterocycles. The van der Waals surface area contributed by atoms with Gasteiger partial charge in [0.05, 0.1) is 17.2 Å². The van der Waals surface area contributed by atoms with E-state index >= 15 is 0 Å². The highest BCUT2D eigenvalue weighted by Gasteiger charge is 2.38. The molecular formula is C17H15F3N2O2S. The van der Waals surface area contributed by atoms with Crippen LogP contribution in [0.5, 0.6) is 0 Å². The number of nitriles is 1. The van der Waals surface area contributed by atoms with E-state index in [0.717, 1.165) is 29.1 Å². The fraction of sp³-hybridized carbons (Fsp3) is 0.294. The lowest BCUT2D eigenvalue weighted by molar-refractivity contribution is -0.137. The molecule has 2 rings (SSSR count). The fourth-order valence-corrected chi connectivity index (χ4v) is 3.17. The van der Waals surface area contributed by atoms with Gasteiger partial charge in [-0.15, -0.1) is 11.3 Å². The molecule has 2 unspecified atom stereocenters. The summed E-state index contributed by atoms with van der Waals surface area (Å²) in [5, 5.41) is 24.0. The van der Waals surface area contributed by atoms with Gasteiger partial charge in [-0.25, -0.2) is 0 Å². The van der Waals surface area contributed by atoms with Crippen LogP contribution in [0.15, 0.2) is 41.8 Å². The van der Waals surface area contributed by atoms with Crippen molar-refractivity contribution in [1.82, 2.24) is 0 Å². The number of alkyl halides is 3. The van der Waals surface area contributed by atoms with E-state index in [0.29, 0.717) is 0 Å². The predicted octanol–water partition coefficient (Wildman–Crippen LogP) is 3.84. The molecule has 0 aliphatic carbocycles. The molecule has 2 atom stereocenters. The minimum atomic E-state index is -4.47. The molecule has 0 saturated heterocycles. The molecule has 0 aliphatic heterocycles. The van der Waals surface area contributed by atoms with Crippen molar-refractivity contribution in [2.45, 2.75) is 25.1 Å². The number of amides is 1. The Hall–Kier alpha value is -2.37. The van der Waals surface area contributed by atoms with Crippen LogP contribution >= 0.6 is 11.3 Å². The maximum absolute atomic E-state index is 12.5. The molecule has 8 heteroatoms. The summed E-state index contributed by atoms with van der Waals surface area (Å²) in [6, 6.07) is 9.21. The smallest absolute Gasteiger partial charge is 0.388 e. The molecule has 1 aromatic carbocycles. The van der Waals surface area contributed by atoms with Gasteiger partial charge in [0.1, 0.15) is 0 Å². The molecule has 0 saturated carbocycles. The van der Waals surface area contributed by atoms with Gasteiger partial charge in [-0.1, -0.05) is 6.07 Å². The van der Waals surface area contributed by atoms with Crippen molar-refractivity contribution in [3.05, 3.63) is 52.2 Å². The monoisotopic (exact) mass is 368 g/mol. The molecule has 132 valence electrons. The van der Waals surface area contributed by atoms with Crippen molar-refractivity contribution in [3.8, 4) is 6.07 Å². The summed E-state index contributed by atoms with van der Waals surface area (Å²) in [6.07, 6.45) is -4.36. The average molecular weight is 368 g/mol. The largest absolute Gasteiger partial charge is 0.416 e. The number of nitrogens with one attached hydrogen (secondary N) is 1. The Labute approximate surface area is 146 Å². The molecule has 0 spiro atoms. The minimum absolute atomic E-state index is 0.114. The predicted molar refractivity (Wildman–Crippen MR) is 87.8 cm³/mol. The summed E-state index contributed by atoms with van der Waals surface area (Å²) in [5.74, 6) is -2.15. The number of anilines is 1. The topological polar surface area (TPSA) is 73.1 Å². The third kappa shape index (κ3) is 4.81. The number of thiophene rings is 1. The zero-order chi connectivity index (χ0) is 18.7. The SMILES string of the molecule is CC(O)(Cc1cccs1)C(C#N)C(=O)Nc1ccc(C(F)(F)F)cc1. The normalized spacial score (nSPS) is 15.0. The lowest BCUT2D eigenvalue weighted by atomic mass is 9.86. The standard InChI is InChI=1S/C17H15F3N2O2S/c1-16(24,9-13-3-2-8-25-13)14(10-21)15(23)22-12-6-4-11(5-7-12)17(18,19)20/h2-8,14,24H,9H2,1H3,(H,22,23). The van der Waals surface area contributed by atoms with E-state index in [2.05, 4.69) is 5.32 Å². The van der Waals surface area contributed by atoms with Crippen LogP contribution in [0.2, 0.25) is 0 Å². The molecule has 1 amide bonds. The third-order valence-electron chi connectivity index (χ3n) is 3.61. The molecule has 2 aromatic rings. The summed E-state index contributed by atoms with van der Waals surface area (Å²) in [5.41, 5.74) is -2.34. The van der Waals surface area contributed by atoms with Crippen LogP contribution in [0.4, 0.5) is 18.9 Å². The van der Waals surface area contributed by atoms with Gasteiger partial charge in [0.15, 0.2) is 5.92 Å². The van der Waals surface area contributed by atoms with Gasteiger partial charge in [0.25, 0.3) is 0 Å². The van der Waals surface area contributed by atoms with Crippen molar-refractivity contribution in [3.63, 3.8) is 0 Å². The molecule has 0 aliphatic rings. The summed E-state index contributed by atoms with van der Waals surface area (Å²) < 4.78 is 37.6. The van der Waals surface area contributed by atoms with Crippen molar-refractivity contribution in [2.75, 3.05) is 5.32 Å². The van der Waals surface area contributed by atoms with E-state index in [1.54, 1.807) is 18.2 Å². The maximum atomic E-state index is 12.5. The molecule has 1 heterocycles. The molecule has 2 N–H and O–H groups in total. The van der Waals surface area contributed by atoms with E-state index in [-0.39, 0.29) is 12.1 Å². The Morgan fingerprint density at radius 2 is 1.96 bits per heavy atom. The van der Waals surface area contributed by atoms with Crippen LogP contribution in [0.25, 0.3) is 0 Å². The van der Waals surface area contributed by atoms with Crippen molar-refractivity contribution in [2.24, 2.45) is 5.92 Å². The third-order valence-corrected chi connectivity index (χ3v) is 4.48. The second-order valence-corrected chi connectivity index (χ2v) is 6.77. The number of carbonyl (C=O) groups is 1. The average Bonchev–Trinajstić information content (AvgIpc) is 2.99. The van der Waals surface area contributed by atoms with E-state index in [1.807, 2.05) is 5.38 Å². The number of nitrogens with zero attached hydrogens (tertiary/aromatic N) is 1. The zero-order valence-electron chi connectivity index (χ0n) is 13.2. The number of aliphatic hydroxyl groups is 1. The van der Waals surface area contributed by atoms with Crippen molar-refractivity contribution < 1.29 is 23.1 Å². The van der Waals surface area contributed by atoms with Crippen molar-refractivity contribution >= 4 is 22.9 Å². The maximum Gasteiger partial charge on any atom is 0.416 e. The Kier molecular flexibility index (Phi) is 5.50. The first kappa shape index (κ1) is 19.0. The minimum Gasteiger partial charge on any atom is -0.388 e. The van der Waals surface area contributed by atoms with Crippen LogP contribution < -0.4 is 5.32 Å². The molecule has 0 bridgehead atoms. The van der Waals surface area contributed by atoms with Crippen LogP contribution in [0, 0.1) is 17.2 Å². The quantitative estimate of drug-likeness (QED) is 0.842. The highest BCUT2D eigenvalue weighted by molar-refractivity contribution is 7.09. The molecular weight excluding hydrogens is 353 g/mol. The van der Waals surface area contributed by atoms with Gasteiger partial charge in [0, 0.05) is 17.0 Å². The molecule has 25 heavy (non-hydrogen) atoms. The van der Waals surface area contributed by atoms with Crippen molar-refractivity contribution in [1.29, 1.82) is 5.26 Å². The Bertz CT molecular complexity index is 763. The van der Waals surface area contributed by atoms with Gasteiger partial charge in [-0.05, 0) is 42.6 Å². The summed E-state index contributed by atoms with van der Waals surface area (Å²) >= 11 is 1.39. The van der Waals surface area contributed by atoms with E-state index in [4.69, 9.17) is 0 Å². The summed E-state index contributed by atoms with van der Waals surface area (Å²) in [7, 11) is 0. The number of hydrogen-bond donors (Lipinski definition) is 2. The van der Waals surface area contributed by atoms with Crippen LogP contribution in [0.3, 0.4) is 0 Å². The second-order valence-electron chi connectivity index (χ2n) is 5.74. The lowest BCUT2D eigenvalue weighted by Crippen LogP contribution is -2.43. The van der Waals surface area contributed by atoms with E-state index in [9.17, 15) is 28.3 Å². The Morgan fingerprint density at radius 1 is 1.32 bits per heavy atom. The number of carbonyl (C=O) groups excluding carboxylic acids is 1. The first-order chi connectivity index (χ1) is 11.6. The number of halogens is 3. The fourth-order valence-electron chi connectivity index (χ4n) is 2.31. The highest BCUT2D eigenvalue weighted by Crippen LogP contribution is 2.30. The first-order valence-corrected chi connectivity index (χ1v) is 8.14. The summed E-state index contributed by atoms with van der Waals surface area (Å²) in [4.78, 5) is 13.1.